The Hall–Kier alpha value is -3.06. The number of aliphatic imine (C=N–C) groups is 1. The summed E-state index contributed by atoms with van der Waals surface area (Å²) < 4.78 is 1.69. The van der Waals surface area contributed by atoms with Crippen LogP contribution in [0.25, 0.3) is 16.9 Å². The van der Waals surface area contributed by atoms with Crippen molar-refractivity contribution in [1.29, 1.82) is 0 Å². The lowest BCUT2D eigenvalue weighted by atomic mass is 9.83. The summed E-state index contributed by atoms with van der Waals surface area (Å²) in [4.78, 5) is 4.60. The van der Waals surface area contributed by atoms with Gasteiger partial charge in [0, 0.05) is 48.2 Å². The number of phenols is 1. The largest absolute Gasteiger partial charge is 0.507 e. The van der Waals surface area contributed by atoms with Gasteiger partial charge in [0.15, 0.2) is 5.82 Å². The molecule has 7 nitrogen and oxygen atoms in total. The highest BCUT2D eigenvalue weighted by atomic mass is 16.3. The maximum Gasteiger partial charge on any atom is 0.174 e. The first-order valence-corrected chi connectivity index (χ1v) is 8.27. The highest BCUT2D eigenvalue weighted by molar-refractivity contribution is 6.00. The number of nitrogens with zero attached hydrogens (tertiary/aromatic N) is 5. The van der Waals surface area contributed by atoms with Crippen molar-refractivity contribution in [2.75, 3.05) is 6.54 Å². The summed E-state index contributed by atoms with van der Waals surface area (Å²) in [5, 5.41) is 26.3. The second-order valence-corrected chi connectivity index (χ2v) is 6.36. The molecule has 0 spiro atoms. The van der Waals surface area contributed by atoms with Gasteiger partial charge in [0.2, 0.25) is 0 Å². The minimum Gasteiger partial charge on any atom is -0.507 e. The second kappa shape index (κ2) is 5.49. The van der Waals surface area contributed by atoms with E-state index in [0.717, 1.165) is 12.2 Å². The summed E-state index contributed by atoms with van der Waals surface area (Å²) in [6.07, 6.45) is 4.70. The van der Waals surface area contributed by atoms with E-state index in [1.54, 1.807) is 16.9 Å². The van der Waals surface area contributed by atoms with Crippen LogP contribution in [0.3, 0.4) is 0 Å². The average molecular weight is 332 g/mol. The number of benzene rings is 1. The molecule has 2 saturated heterocycles. The third-order valence-corrected chi connectivity index (χ3v) is 4.83. The third-order valence-electron chi connectivity index (χ3n) is 4.83. The van der Waals surface area contributed by atoms with E-state index in [-0.39, 0.29) is 5.75 Å². The fraction of sp³-hybridized carbons (Fsp3) is 0.222. The molecule has 7 heteroatoms. The number of aromatic nitrogens is 4. The van der Waals surface area contributed by atoms with Crippen LogP contribution in [0.2, 0.25) is 0 Å². The van der Waals surface area contributed by atoms with E-state index in [4.69, 9.17) is 0 Å². The quantitative estimate of drug-likeness (QED) is 0.767. The van der Waals surface area contributed by atoms with Gasteiger partial charge in [-0.1, -0.05) is 0 Å². The molecular formula is C18H16N6O. The Morgan fingerprint density at radius 1 is 1.20 bits per heavy atom. The van der Waals surface area contributed by atoms with Crippen molar-refractivity contribution < 1.29 is 5.11 Å². The summed E-state index contributed by atoms with van der Waals surface area (Å²) in [7, 11) is 0. The first kappa shape index (κ1) is 14.3. The van der Waals surface area contributed by atoms with Crippen LogP contribution in [0.15, 0.2) is 53.8 Å². The lowest BCUT2D eigenvalue weighted by molar-refractivity contribution is 0.476. The molecule has 3 aliphatic rings. The molecule has 1 aromatic carbocycles. The Balaban J connectivity index is 1.42. The van der Waals surface area contributed by atoms with Crippen molar-refractivity contribution in [3.8, 4) is 22.7 Å². The monoisotopic (exact) mass is 332 g/mol. The van der Waals surface area contributed by atoms with Crippen LogP contribution in [0.4, 0.5) is 5.82 Å². The van der Waals surface area contributed by atoms with Crippen molar-refractivity contribution in [2.24, 2.45) is 10.9 Å². The van der Waals surface area contributed by atoms with Gasteiger partial charge in [0.1, 0.15) is 5.75 Å². The van der Waals surface area contributed by atoms with E-state index < -0.39 is 0 Å². The lowest BCUT2D eigenvalue weighted by Gasteiger charge is -2.24. The zero-order chi connectivity index (χ0) is 16.8. The molecule has 2 aliphatic heterocycles. The maximum absolute atomic E-state index is 10.3. The Labute approximate surface area is 144 Å². The normalized spacial score (nSPS) is 23.0. The van der Waals surface area contributed by atoms with E-state index in [9.17, 15) is 5.11 Å². The molecule has 2 unspecified atom stereocenters. The van der Waals surface area contributed by atoms with Crippen molar-refractivity contribution in [3.05, 3.63) is 48.8 Å². The van der Waals surface area contributed by atoms with E-state index in [2.05, 4.69) is 25.6 Å². The van der Waals surface area contributed by atoms with E-state index in [0.29, 0.717) is 29.0 Å². The number of phenolic OH excluding ortho intramolecular Hbond substituents is 1. The molecular weight excluding hydrogens is 316 g/mol. The van der Waals surface area contributed by atoms with Gasteiger partial charge in [0.05, 0.1) is 11.4 Å². The van der Waals surface area contributed by atoms with Crippen LogP contribution in [0, 0.1) is 5.92 Å². The first-order valence-electron chi connectivity index (χ1n) is 8.27. The summed E-state index contributed by atoms with van der Waals surface area (Å²) >= 11 is 0. The zero-order valence-electron chi connectivity index (χ0n) is 13.4. The van der Waals surface area contributed by atoms with Crippen molar-refractivity contribution >= 4 is 11.5 Å². The highest BCUT2D eigenvalue weighted by Crippen LogP contribution is 2.33. The molecule has 3 fully saturated rings. The maximum atomic E-state index is 10.3. The number of rotatable bonds is 3. The Morgan fingerprint density at radius 3 is 2.80 bits per heavy atom. The molecule has 2 N–H and O–H groups in total. The predicted octanol–water partition coefficient (Wildman–Crippen LogP) is 2.10. The fourth-order valence-corrected chi connectivity index (χ4v) is 3.44. The molecule has 4 heterocycles. The van der Waals surface area contributed by atoms with Crippen LogP contribution in [-0.2, 0) is 0 Å². The number of aromatic hydroxyl groups is 1. The minimum absolute atomic E-state index is 0.141. The molecule has 2 atom stereocenters. The molecule has 2 aromatic heterocycles. The van der Waals surface area contributed by atoms with Gasteiger partial charge in [-0.2, -0.15) is 5.10 Å². The number of hydrogen-bond acceptors (Lipinski definition) is 6. The minimum atomic E-state index is 0.141. The van der Waals surface area contributed by atoms with Gasteiger partial charge >= 0.3 is 0 Å². The van der Waals surface area contributed by atoms with Crippen molar-refractivity contribution in [3.63, 3.8) is 0 Å². The average Bonchev–Trinajstić information content (AvgIpc) is 3.38. The zero-order valence-corrected chi connectivity index (χ0v) is 13.4. The number of hydrogen-bond donors (Lipinski definition) is 2. The predicted molar refractivity (Wildman–Crippen MR) is 93.2 cm³/mol. The van der Waals surface area contributed by atoms with Crippen LogP contribution < -0.4 is 5.32 Å². The topological polar surface area (TPSA) is 88.2 Å². The Kier molecular flexibility index (Phi) is 3.14. The first-order chi connectivity index (χ1) is 12.3. The summed E-state index contributed by atoms with van der Waals surface area (Å²) in [5.41, 5.74) is 3.22. The van der Waals surface area contributed by atoms with Crippen LogP contribution >= 0.6 is 0 Å². The van der Waals surface area contributed by atoms with Crippen molar-refractivity contribution in [2.45, 2.75) is 12.5 Å². The standard InChI is InChI=1S/C18H16N6O/c25-16-9-12(24-7-1-6-20-24)2-3-13(16)14-4-5-17(23-22-14)21-18-11-8-15(18)19-10-11/h1-7,9,11,15,19,25H,8,10H2/b21-18+. The molecule has 1 saturated carbocycles. The van der Waals surface area contributed by atoms with Gasteiger partial charge in [-0.05, 0) is 36.8 Å². The fourth-order valence-electron chi connectivity index (χ4n) is 3.44. The molecule has 0 amide bonds. The van der Waals surface area contributed by atoms with Gasteiger partial charge in [-0.15, -0.1) is 10.2 Å². The summed E-state index contributed by atoms with van der Waals surface area (Å²) in [6, 6.07) is 11.3. The van der Waals surface area contributed by atoms with Gasteiger partial charge in [-0.3, -0.25) is 0 Å². The van der Waals surface area contributed by atoms with E-state index >= 15 is 0 Å². The van der Waals surface area contributed by atoms with E-state index in [1.165, 1.54) is 12.1 Å². The van der Waals surface area contributed by atoms with Crippen LogP contribution in [0.5, 0.6) is 5.75 Å². The SMILES string of the molecule is Oc1cc(-n2cccn2)ccc1-c1ccc(/N=C2\C3CNC2C3)nn1. The molecule has 0 radical (unpaired) electrons. The smallest absolute Gasteiger partial charge is 0.174 e. The summed E-state index contributed by atoms with van der Waals surface area (Å²) in [5.74, 6) is 1.32. The van der Waals surface area contributed by atoms with E-state index in [1.807, 2.05) is 36.5 Å². The molecule has 3 aromatic rings. The van der Waals surface area contributed by atoms with Crippen LogP contribution in [-0.4, -0.2) is 43.4 Å². The van der Waals surface area contributed by atoms with Gasteiger partial charge in [-0.25, -0.2) is 9.67 Å². The lowest BCUT2D eigenvalue weighted by Crippen LogP contribution is -2.37. The molecule has 1 aliphatic carbocycles. The Morgan fingerprint density at radius 2 is 2.16 bits per heavy atom. The second-order valence-electron chi connectivity index (χ2n) is 6.36. The molecule has 6 rings (SSSR count). The number of nitrogens with one attached hydrogen (secondary N) is 1. The Bertz CT molecular complexity index is 932. The van der Waals surface area contributed by atoms with Crippen LogP contribution in [0.1, 0.15) is 6.42 Å². The van der Waals surface area contributed by atoms with Crippen molar-refractivity contribution in [1.82, 2.24) is 25.3 Å². The summed E-state index contributed by atoms with van der Waals surface area (Å²) in [6.45, 7) is 1.02. The molecule has 124 valence electrons. The highest BCUT2D eigenvalue weighted by Gasteiger charge is 2.43. The molecule has 25 heavy (non-hydrogen) atoms. The third kappa shape index (κ3) is 2.40. The number of fused-ring (bicyclic) bond motifs is 1. The van der Waals surface area contributed by atoms with Gasteiger partial charge in [0.25, 0.3) is 0 Å². The molecule has 2 bridgehead atoms. The van der Waals surface area contributed by atoms with Gasteiger partial charge < -0.3 is 10.4 Å².